The fraction of sp³-hybridized carbons (Fsp3) is 0.400. The van der Waals surface area contributed by atoms with Crippen LogP contribution in [0, 0.1) is 0 Å². The largest absolute Gasteiger partial charge is 0.298 e. The molecule has 3 heteroatoms. The van der Waals surface area contributed by atoms with E-state index >= 15 is 0 Å². The molecule has 1 aromatic heterocycles. The van der Waals surface area contributed by atoms with E-state index in [0.29, 0.717) is 10.6 Å². The Bertz CT molecular complexity index is 358. The smallest absolute Gasteiger partial charge is 0.151 e. The second kappa shape index (κ2) is 2.81. The highest BCUT2D eigenvalue weighted by Gasteiger charge is 2.41. The SMILES string of the molecule is CC1(c2ncc(Cl)cc2C=O)CC1. The molecular formula is C10H10ClNO. The second-order valence-electron chi connectivity index (χ2n) is 3.77. The summed E-state index contributed by atoms with van der Waals surface area (Å²) in [6.45, 7) is 2.12. The predicted molar refractivity (Wildman–Crippen MR) is 51.2 cm³/mol. The first kappa shape index (κ1) is 8.70. The van der Waals surface area contributed by atoms with E-state index in [0.717, 1.165) is 24.8 Å². The van der Waals surface area contributed by atoms with E-state index in [-0.39, 0.29) is 5.41 Å². The van der Waals surface area contributed by atoms with Crippen molar-refractivity contribution in [3.05, 3.63) is 28.5 Å². The van der Waals surface area contributed by atoms with Gasteiger partial charge in [-0.2, -0.15) is 0 Å². The van der Waals surface area contributed by atoms with Crippen LogP contribution in [0.3, 0.4) is 0 Å². The van der Waals surface area contributed by atoms with Gasteiger partial charge in [-0.15, -0.1) is 0 Å². The molecule has 0 aromatic carbocycles. The molecule has 13 heavy (non-hydrogen) atoms. The average molecular weight is 196 g/mol. The van der Waals surface area contributed by atoms with Crippen LogP contribution in [0.5, 0.6) is 0 Å². The summed E-state index contributed by atoms with van der Waals surface area (Å²) in [7, 11) is 0. The molecule has 0 bridgehead atoms. The number of aromatic nitrogens is 1. The van der Waals surface area contributed by atoms with Gasteiger partial charge in [0, 0.05) is 17.2 Å². The molecule has 1 aromatic rings. The van der Waals surface area contributed by atoms with E-state index < -0.39 is 0 Å². The standard InChI is InChI=1S/C10H10ClNO/c1-10(2-3-10)9-7(6-13)4-8(11)5-12-9/h4-6H,2-3H2,1H3. The molecule has 0 aliphatic heterocycles. The number of hydrogen-bond donors (Lipinski definition) is 0. The maximum absolute atomic E-state index is 10.8. The van der Waals surface area contributed by atoms with Gasteiger partial charge >= 0.3 is 0 Å². The number of carbonyl (C=O) groups excluding carboxylic acids is 1. The van der Waals surface area contributed by atoms with Gasteiger partial charge in [0.1, 0.15) is 0 Å². The van der Waals surface area contributed by atoms with E-state index in [1.54, 1.807) is 12.3 Å². The van der Waals surface area contributed by atoms with Crippen molar-refractivity contribution in [3.63, 3.8) is 0 Å². The summed E-state index contributed by atoms with van der Waals surface area (Å²) in [5, 5.41) is 0.523. The number of nitrogens with zero attached hydrogens (tertiary/aromatic N) is 1. The van der Waals surface area contributed by atoms with Crippen LogP contribution in [0.4, 0.5) is 0 Å². The zero-order chi connectivity index (χ0) is 9.47. The average Bonchev–Trinajstić information content (AvgIpc) is 2.84. The molecular weight excluding hydrogens is 186 g/mol. The lowest BCUT2D eigenvalue weighted by Crippen LogP contribution is -2.07. The van der Waals surface area contributed by atoms with Crippen LogP contribution in [-0.4, -0.2) is 11.3 Å². The molecule has 1 saturated carbocycles. The van der Waals surface area contributed by atoms with Crippen LogP contribution in [0.15, 0.2) is 12.3 Å². The van der Waals surface area contributed by atoms with Gasteiger partial charge < -0.3 is 0 Å². The first-order valence-corrected chi connectivity index (χ1v) is 4.65. The first-order chi connectivity index (χ1) is 6.15. The molecule has 1 aliphatic rings. The van der Waals surface area contributed by atoms with Gasteiger partial charge in [-0.05, 0) is 18.9 Å². The Morgan fingerprint density at radius 1 is 1.62 bits per heavy atom. The van der Waals surface area contributed by atoms with Gasteiger partial charge in [-0.25, -0.2) is 0 Å². The van der Waals surface area contributed by atoms with E-state index in [2.05, 4.69) is 11.9 Å². The lowest BCUT2D eigenvalue weighted by molar-refractivity contribution is 0.112. The zero-order valence-electron chi connectivity index (χ0n) is 7.38. The van der Waals surface area contributed by atoms with Gasteiger partial charge in [-0.3, -0.25) is 9.78 Å². The minimum Gasteiger partial charge on any atom is -0.298 e. The Labute approximate surface area is 81.9 Å². The van der Waals surface area contributed by atoms with Crippen molar-refractivity contribution in [1.82, 2.24) is 4.98 Å². The zero-order valence-corrected chi connectivity index (χ0v) is 8.14. The summed E-state index contributed by atoms with van der Waals surface area (Å²) in [5.74, 6) is 0. The molecule has 68 valence electrons. The van der Waals surface area contributed by atoms with Crippen molar-refractivity contribution in [2.24, 2.45) is 0 Å². The Balaban J connectivity index is 2.50. The lowest BCUT2D eigenvalue weighted by atomic mass is 10.0. The van der Waals surface area contributed by atoms with Crippen LogP contribution < -0.4 is 0 Å². The third-order valence-corrected chi connectivity index (χ3v) is 2.79. The van der Waals surface area contributed by atoms with Gasteiger partial charge in [-0.1, -0.05) is 18.5 Å². The molecule has 1 heterocycles. The number of pyridine rings is 1. The van der Waals surface area contributed by atoms with E-state index in [1.165, 1.54) is 0 Å². The Hall–Kier alpha value is -0.890. The predicted octanol–water partition coefficient (Wildman–Crippen LogP) is 2.60. The summed E-state index contributed by atoms with van der Waals surface area (Å²) in [4.78, 5) is 15.0. The molecule has 0 unspecified atom stereocenters. The first-order valence-electron chi connectivity index (χ1n) is 4.27. The maximum Gasteiger partial charge on any atom is 0.151 e. The quantitative estimate of drug-likeness (QED) is 0.679. The minimum absolute atomic E-state index is 0.126. The second-order valence-corrected chi connectivity index (χ2v) is 4.21. The van der Waals surface area contributed by atoms with Gasteiger partial charge in [0.2, 0.25) is 0 Å². The third kappa shape index (κ3) is 1.46. The van der Waals surface area contributed by atoms with Crippen LogP contribution in [-0.2, 0) is 5.41 Å². The number of halogens is 1. The van der Waals surface area contributed by atoms with Crippen molar-refractivity contribution < 1.29 is 4.79 Å². The topological polar surface area (TPSA) is 30.0 Å². The van der Waals surface area contributed by atoms with Crippen LogP contribution in [0.25, 0.3) is 0 Å². The molecule has 0 saturated heterocycles. The number of hydrogen-bond acceptors (Lipinski definition) is 2. The molecule has 2 rings (SSSR count). The molecule has 1 aliphatic carbocycles. The minimum atomic E-state index is 0.126. The fourth-order valence-electron chi connectivity index (χ4n) is 1.47. The highest BCUT2D eigenvalue weighted by molar-refractivity contribution is 6.30. The van der Waals surface area contributed by atoms with Gasteiger partial charge in [0.25, 0.3) is 0 Å². The summed E-state index contributed by atoms with van der Waals surface area (Å²) < 4.78 is 0. The molecule has 1 fully saturated rings. The number of aldehydes is 1. The number of carbonyl (C=O) groups is 1. The van der Waals surface area contributed by atoms with E-state index in [1.807, 2.05) is 0 Å². The molecule has 2 nitrogen and oxygen atoms in total. The summed E-state index contributed by atoms with van der Waals surface area (Å²) in [6, 6.07) is 1.68. The lowest BCUT2D eigenvalue weighted by Gasteiger charge is -2.09. The Kier molecular flexibility index (Phi) is 1.88. The summed E-state index contributed by atoms with van der Waals surface area (Å²) in [6.07, 6.45) is 4.66. The van der Waals surface area contributed by atoms with Crippen molar-refractivity contribution in [2.75, 3.05) is 0 Å². The van der Waals surface area contributed by atoms with Gasteiger partial charge in [0.15, 0.2) is 6.29 Å². The monoisotopic (exact) mass is 195 g/mol. The Morgan fingerprint density at radius 2 is 2.31 bits per heavy atom. The summed E-state index contributed by atoms with van der Waals surface area (Å²) in [5.41, 5.74) is 1.65. The van der Waals surface area contributed by atoms with Crippen molar-refractivity contribution in [3.8, 4) is 0 Å². The highest BCUT2D eigenvalue weighted by atomic mass is 35.5. The Morgan fingerprint density at radius 3 is 2.85 bits per heavy atom. The van der Waals surface area contributed by atoms with Crippen molar-refractivity contribution in [2.45, 2.75) is 25.2 Å². The molecule has 0 atom stereocenters. The van der Waals surface area contributed by atoms with Crippen LogP contribution >= 0.6 is 11.6 Å². The van der Waals surface area contributed by atoms with Gasteiger partial charge in [0.05, 0.1) is 10.7 Å². The third-order valence-electron chi connectivity index (χ3n) is 2.58. The normalized spacial score (nSPS) is 18.3. The van der Waals surface area contributed by atoms with Crippen LogP contribution in [0.1, 0.15) is 35.8 Å². The summed E-state index contributed by atoms with van der Waals surface area (Å²) >= 11 is 5.74. The number of rotatable bonds is 2. The highest BCUT2D eigenvalue weighted by Crippen LogP contribution is 2.47. The molecule has 0 amide bonds. The molecule has 0 spiro atoms. The maximum atomic E-state index is 10.8. The van der Waals surface area contributed by atoms with E-state index in [9.17, 15) is 4.79 Å². The van der Waals surface area contributed by atoms with Crippen molar-refractivity contribution in [1.29, 1.82) is 0 Å². The van der Waals surface area contributed by atoms with Crippen molar-refractivity contribution >= 4 is 17.9 Å². The van der Waals surface area contributed by atoms with E-state index in [4.69, 9.17) is 11.6 Å². The van der Waals surface area contributed by atoms with Crippen LogP contribution in [0.2, 0.25) is 5.02 Å². The fourth-order valence-corrected chi connectivity index (χ4v) is 1.64. The molecule has 0 N–H and O–H groups in total. The molecule has 0 radical (unpaired) electrons.